The number of hydrogen-bond acceptors (Lipinski definition) is 4. The van der Waals surface area contributed by atoms with Gasteiger partial charge in [0.15, 0.2) is 0 Å². The van der Waals surface area contributed by atoms with E-state index >= 15 is 0 Å². The van der Waals surface area contributed by atoms with E-state index in [9.17, 15) is 4.79 Å². The minimum absolute atomic E-state index is 0.0402. The molecule has 6 nitrogen and oxygen atoms in total. The summed E-state index contributed by atoms with van der Waals surface area (Å²) in [5.41, 5.74) is 2.73. The zero-order chi connectivity index (χ0) is 17.8. The number of aromatic nitrogens is 2. The number of morpholine rings is 1. The summed E-state index contributed by atoms with van der Waals surface area (Å²) in [4.78, 5) is 15.2. The van der Waals surface area contributed by atoms with Gasteiger partial charge in [0.2, 0.25) is 0 Å². The van der Waals surface area contributed by atoms with E-state index in [0.29, 0.717) is 6.54 Å². The van der Waals surface area contributed by atoms with E-state index in [1.54, 1.807) is 4.68 Å². The lowest BCUT2D eigenvalue weighted by atomic mass is 10.2. The van der Waals surface area contributed by atoms with E-state index in [1.807, 2.05) is 49.0 Å². The maximum absolute atomic E-state index is 12.9. The van der Waals surface area contributed by atoms with E-state index in [4.69, 9.17) is 4.74 Å². The summed E-state index contributed by atoms with van der Waals surface area (Å²) in [6, 6.07) is 9.75. The van der Waals surface area contributed by atoms with Crippen molar-refractivity contribution >= 4 is 0 Å². The molecule has 0 bridgehead atoms. The molecular weight excluding hydrogens is 316 g/mol. The highest BCUT2D eigenvalue weighted by Crippen LogP contribution is 2.10. The molecule has 136 valence electrons. The van der Waals surface area contributed by atoms with Gasteiger partial charge in [-0.25, -0.2) is 4.68 Å². The fraction of sp³-hybridized carbons (Fsp3) is 0.526. The summed E-state index contributed by atoms with van der Waals surface area (Å²) in [6.07, 6.45) is 0.189. The van der Waals surface area contributed by atoms with Crippen LogP contribution in [0.3, 0.4) is 0 Å². The summed E-state index contributed by atoms with van der Waals surface area (Å²) in [7, 11) is 1.93. The van der Waals surface area contributed by atoms with Crippen molar-refractivity contribution in [2.45, 2.75) is 26.5 Å². The van der Waals surface area contributed by atoms with Gasteiger partial charge in [0.25, 0.3) is 5.56 Å². The Labute approximate surface area is 149 Å². The van der Waals surface area contributed by atoms with E-state index in [0.717, 1.165) is 49.7 Å². The molecule has 1 N–H and O–H groups in total. The lowest BCUT2D eigenvalue weighted by Crippen LogP contribution is -2.46. The second-order valence-corrected chi connectivity index (χ2v) is 6.56. The lowest BCUT2D eigenvalue weighted by Gasteiger charge is -2.32. The molecule has 2 heterocycles. The summed E-state index contributed by atoms with van der Waals surface area (Å²) >= 11 is 0. The molecule has 1 aromatic heterocycles. The third-order valence-electron chi connectivity index (χ3n) is 5.02. The van der Waals surface area contributed by atoms with Crippen LogP contribution in [0.15, 0.2) is 35.1 Å². The van der Waals surface area contributed by atoms with Gasteiger partial charge in [-0.2, -0.15) is 0 Å². The molecule has 1 aromatic carbocycles. The SMILES string of the molecule is CCN1CCOC(CNCc2c(C)n(C)n(-c3ccccc3)c2=O)C1. The van der Waals surface area contributed by atoms with E-state index in [-0.39, 0.29) is 11.7 Å². The van der Waals surface area contributed by atoms with Crippen LogP contribution >= 0.6 is 0 Å². The van der Waals surface area contributed by atoms with Gasteiger partial charge in [-0.15, -0.1) is 0 Å². The van der Waals surface area contributed by atoms with Crippen LogP contribution in [0.25, 0.3) is 5.69 Å². The zero-order valence-corrected chi connectivity index (χ0v) is 15.4. The number of para-hydroxylation sites is 1. The minimum Gasteiger partial charge on any atom is -0.374 e. The van der Waals surface area contributed by atoms with Crippen molar-refractivity contribution in [2.24, 2.45) is 7.05 Å². The number of likely N-dealkylation sites (N-methyl/N-ethyl adjacent to an activating group) is 1. The Balaban J connectivity index is 1.68. The Morgan fingerprint density at radius 2 is 2.04 bits per heavy atom. The first kappa shape index (κ1) is 17.9. The Morgan fingerprint density at radius 3 is 2.76 bits per heavy atom. The van der Waals surface area contributed by atoms with Gasteiger partial charge < -0.3 is 10.1 Å². The molecule has 1 unspecified atom stereocenters. The standard InChI is InChI=1S/C19H28N4O2/c1-4-22-10-11-25-17(14-22)12-20-13-18-15(2)21(3)23(19(18)24)16-8-6-5-7-9-16/h5-9,17,20H,4,10-14H2,1-3H3. The summed E-state index contributed by atoms with van der Waals surface area (Å²) in [5.74, 6) is 0. The molecule has 1 saturated heterocycles. The van der Waals surface area contributed by atoms with Crippen LogP contribution in [-0.2, 0) is 18.3 Å². The number of benzene rings is 1. The number of nitrogens with zero attached hydrogens (tertiary/aromatic N) is 3. The molecule has 0 saturated carbocycles. The third-order valence-corrected chi connectivity index (χ3v) is 5.02. The average molecular weight is 344 g/mol. The van der Waals surface area contributed by atoms with Crippen LogP contribution in [0.2, 0.25) is 0 Å². The van der Waals surface area contributed by atoms with Crippen LogP contribution in [0, 0.1) is 6.92 Å². The first-order valence-electron chi connectivity index (χ1n) is 8.99. The quantitative estimate of drug-likeness (QED) is 0.858. The highest BCUT2D eigenvalue weighted by atomic mass is 16.5. The fourth-order valence-electron chi connectivity index (χ4n) is 3.38. The normalized spacial score (nSPS) is 18.6. The topological polar surface area (TPSA) is 51.4 Å². The monoisotopic (exact) mass is 344 g/mol. The van der Waals surface area contributed by atoms with Crippen molar-refractivity contribution in [3.63, 3.8) is 0 Å². The summed E-state index contributed by atoms with van der Waals surface area (Å²) in [6.45, 7) is 9.28. The van der Waals surface area contributed by atoms with E-state index < -0.39 is 0 Å². The predicted octanol–water partition coefficient (Wildman–Crippen LogP) is 1.29. The molecular formula is C19H28N4O2. The molecule has 0 amide bonds. The smallest absolute Gasteiger partial charge is 0.276 e. The summed E-state index contributed by atoms with van der Waals surface area (Å²) in [5, 5.41) is 3.41. The first-order chi connectivity index (χ1) is 12.1. The van der Waals surface area contributed by atoms with Gasteiger partial charge in [-0.05, 0) is 25.6 Å². The van der Waals surface area contributed by atoms with E-state index in [2.05, 4.69) is 17.1 Å². The van der Waals surface area contributed by atoms with Crippen molar-refractivity contribution in [1.82, 2.24) is 19.6 Å². The molecule has 1 aliphatic rings. The number of hydrogen-bond donors (Lipinski definition) is 1. The Hall–Kier alpha value is -1.89. The number of rotatable bonds is 6. The average Bonchev–Trinajstić information content (AvgIpc) is 2.86. The van der Waals surface area contributed by atoms with Crippen LogP contribution < -0.4 is 10.9 Å². The van der Waals surface area contributed by atoms with Gasteiger partial charge in [-0.3, -0.25) is 14.4 Å². The van der Waals surface area contributed by atoms with Crippen molar-refractivity contribution < 1.29 is 4.74 Å². The molecule has 0 aliphatic carbocycles. The first-order valence-corrected chi connectivity index (χ1v) is 8.99. The molecule has 0 spiro atoms. The fourth-order valence-corrected chi connectivity index (χ4v) is 3.38. The van der Waals surface area contributed by atoms with Gasteiger partial charge in [0.1, 0.15) is 0 Å². The van der Waals surface area contributed by atoms with Crippen molar-refractivity contribution in [3.8, 4) is 5.69 Å². The van der Waals surface area contributed by atoms with Gasteiger partial charge >= 0.3 is 0 Å². The van der Waals surface area contributed by atoms with Crippen molar-refractivity contribution in [1.29, 1.82) is 0 Å². The Morgan fingerprint density at radius 1 is 1.28 bits per heavy atom. The molecule has 2 aromatic rings. The molecule has 1 fully saturated rings. The Kier molecular flexibility index (Phi) is 5.73. The molecule has 0 radical (unpaired) electrons. The number of ether oxygens (including phenoxy) is 1. The minimum atomic E-state index is 0.0402. The lowest BCUT2D eigenvalue weighted by molar-refractivity contribution is -0.0253. The zero-order valence-electron chi connectivity index (χ0n) is 15.4. The maximum Gasteiger partial charge on any atom is 0.276 e. The molecule has 25 heavy (non-hydrogen) atoms. The molecule has 1 atom stereocenters. The van der Waals surface area contributed by atoms with Crippen molar-refractivity contribution in [3.05, 3.63) is 51.9 Å². The molecule has 1 aliphatic heterocycles. The predicted molar refractivity (Wildman–Crippen MR) is 99.3 cm³/mol. The number of nitrogens with one attached hydrogen (secondary N) is 1. The molecule has 6 heteroatoms. The van der Waals surface area contributed by atoms with Crippen LogP contribution in [0.1, 0.15) is 18.2 Å². The highest BCUT2D eigenvalue weighted by molar-refractivity contribution is 5.33. The molecule has 3 rings (SSSR count). The second-order valence-electron chi connectivity index (χ2n) is 6.56. The Bertz CT molecular complexity index is 751. The summed E-state index contributed by atoms with van der Waals surface area (Å²) < 4.78 is 9.46. The van der Waals surface area contributed by atoms with Crippen LogP contribution in [0.5, 0.6) is 0 Å². The van der Waals surface area contributed by atoms with Gasteiger partial charge in [0, 0.05) is 38.9 Å². The van der Waals surface area contributed by atoms with Gasteiger partial charge in [0.05, 0.1) is 24.0 Å². The van der Waals surface area contributed by atoms with Crippen LogP contribution in [-0.4, -0.2) is 53.2 Å². The van der Waals surface area contributed by atoms with Crippen molar-refractivity contribution in [2.75, 3.05) is 32.8 Å². The van der Waals surface area contributed by atoms with Gasteiger partial charge in [-0.1, -0.05) is 25.1 Å². The van der Waals surface area contributed by atoms with Crippen LogP contribution in [0.4, 0.5) is 0 Å². The largest absolute Gasteiger partial charge is 0.374 e. The highest BCUT2D eigenvalue weighted by Gasteiger charge is 2.20. The third kappa shape index (κ3) is 3.86. The van der Waals surface area contributed by atoms with E-state index in [1.165, 1.54) is 0 Å². The second kappa shape index (κ2) is 7.99. The maximum atomic E-state index is 12.9.